The average molecular weight is 423 g/mol. The first-order valence-corrected chi connectivity index (χ1v) is 11.2. The number of carbonyl (C=O) groups is 1. The number of anilines is 1. The third-order valence-electron chi connectivity index (χ3n) is 4.55. The van der Waals surface area contributed by atoms with Crippen LogP contribution in [0.25, 0.3) is 0 Å². The summed E-state index contributed by atoms with van der Waals surface area (Å²) >= 11 is 0. The number of piperidine rings is 1. The number of nitrogens with zero attached hydrogens (tertiary/aromatic N) is 3. The fourth-order valence-electron chi connectivity index (χ4n) is 3.20. The molecule has 0 bridgehead atoms. The van der Waals surface area contributed by atoms with Crippen molar-refractivity contribution in [3.63, 3.8) is 0 Å². The summed E-state index contributed by atoms with van der Waals surface area (Å²) in [6.07, 6.45) is 1.36. The summed E-state index contributed by atoms with van der Waals surface area (Å²) in [5.74, 6) is 0.896. The van der Waals surface area contributed by atoms with Crippen molar-refractivity contribution in [2.45, 2.75) is 45.6 Å². The Bertz CT molecular complexity index is 932. The van der Waals surface area contributed by atoms with Crippen molar-refractivity contribution in [1.29, 1.82) is 0 Å². The Labute approximate surface area is 170 Å². The van der Waals surface area contributed by atoms with Gasteiger partial charge in [0.05, 0.1) is 6.10 Å². The van der Waals surface area contributed by atoms with Crippen molar-refractivity contribution in [1.82, 2.24) is 15.0 Å². The molecule has 1 aromatic carbocycles. The smallest absolute Gasteiger partial charge is 0.241 e. The van der Waals surface area contributed by atoms with E-state index >= 15 is 0 Å². The molecule has 1 fully saturated rings. The van der Waals surface area contributed by atoms with E-state index in [2.05, 4.69) is 14.9 Å². The molecule has 0 unspecified atom stereocenters. The number of aromatic nitrogens is 2. The molecule has 2 aromatic rings. The van der Waals surface area contributed by atoms with Gasteiger partial charge in [0, 0.05) is 24.7 Å². The van der Waals surface area contributed by atoms with Crippen molar-refractivity contribution < 1.29 is 22.5 Å². The molecule has 3 rings (SSSR count). The van der Waals surface area contributed by atoms with Crippen LogP contribution in [-0.4, -0.2) is 54.3 Å². The quantitative estimate of drug-likeness (QED) is 0.728. The number of carbonyl (C=O) groups excluding carboxylic acids is 1. The zero-order valence-corrected chi connectivity index (χ0v) is 17.6. The van der Waals surface area contributed by atoms with Gasteiger partial charge in [-0.3, -0.25) is 9.52 Å². The zero-order chi connectivity index (χ0) is 21.0. The second-order valence-electron chi connectivity index (χ2n) is 7.39. The van der Waals surface area contributed by atoms with Crippen LogP contribution in [0.3, 0.4) is 0 Å². The van der Waals surface area contributed by atoms with Crippen LogP contribution in [-0.2, 0) is 14.8 Å². The van der Waals surface area contributed by atoms with Gasteiger partial charge in [-0.1, -0.05) is 5.16 Å². The van der Waals surface area contributed by atoms with Crippen molar-refractivity contribution in [2.75, 3.05) is 23.6 Å². The van der Waals surface area contributed by atoms with Crippen LogP contribution in [0, 0.1) is 6.92 Å². The lowest BCUT2D eigenvalue weighted by molar-refractivity contribution is -0.129. The largest absolute Gasteiger partial charge is 0.491 e. The predicted molar refractivity (Wildman–Crippen MR) is 107 cm³/mol. The number of aryl methyl sites for hydroxylation is 1. The van der Waals surface area contributed by atoms with E-state index in [4.69, 9.17) is 9.26 Å². The summed E-state index contributed by atoms with van der Waals surface area (Å²) in [6.45, 7) is 6.50. The van der Waals surface area contributed by atoms with E-state index in [0.29, 0.717) is 49.1 Å². The molecular formula is C19H26N4O5S. The molecule has 0 atom stereocenters. The van der Waals surface area contributed by atoms with E-state index in [9.17, 15) is 13.2 Å². The SMILES string of the molecule is Cc1noc(C2CCN(C(=O)CS(=O)(=O)Nc3ccc(OC(C)C)cc3)CC2)n1. The van der Waals surface area contributed by atoms with Gasteiger partial charge in [-0.05, 0) is 57.9 Å². The number of benzene rings is 1. The van der Waals surface area contributed by atoms with Gasteiger partial charge >= 0.3 is 0 Å². The maximum atomic E-state index is 12.5. The normalized spacial score (nSPS) is 15.5. The molecule has 2 heterocycles. The molecule has 0 aliphatic carbocycles. The predicted octanol–water partition coefficient (Wildman–Crippen LogP) is 2.31. The van der Waals surface area contributed by atoms with Crippen LogP contribution < -0.4 is 9.46 Å². The van der Waals surface area contributed by atoms with Crippen LogP contribution in [0.1, 0.15) is 44.3 Å². The van der Waals surface area contributed by atoms with E-state index < -0.39 is 21.7 Å². The molecule has 1 aromatic heterocycles. The number of ether oxygens (including phenoxy) is 1. The maximum Gasteiger partial charge on any atom is 0.241 e. The van der Waals surface area contributed by atoms with E-state index in [0.717, 1.165) is 0 Å². The first-order valence-electron chi connectivity index (χ1n) is 9.57. The van der Waals surface area contributed by atoms with Crippen molar-refractivity contribution >= 4 is 21.6 Å². The zero-order valence-electron chi connectivity index (χ0n) is 16.8. The van der Waals surface area contributed by atoms with Gasteiger partial charge in [-0.2, -0.15) is 4.98 Å². The summed E-state index contributed by atoms with van der Waals surface area (Å²) in [7, 11) is -3.80. The molecule has 10 heteroatoms. The lowest BCUT2D eigenvalue weighted by atomic mass is 9.97. The number of likely N-dealkylation sites (tertiary alicyclic amines) is 1. The van der Waals surface area contributed by atoms with Crippen LogP contribution in [0.15, 0.2) is 28.8 Å². The van der Waals surface area contributed by atoms with Gasteiger partial charge in [0.25, 0.3) is 0 Å². The Morgan fingerprint density at radius 3 is 2.48 bits per heavy atom. The summed E-state index contributed by atoms with van der Waals surface area (Å²) in [6, 6.07) is 6.59. The van der Waals surface area contributed by atoms with E-state index in [-0.39, 0.29) is 12.0 Å². The minimum absolute atomic E-state index is 0.0307. The van der Waals surface area contributed by atoms with Gasteiger partial charge in [0.2, 0.25) is 21.8 Å². The molecule has 29 heavy (non-hydrogen) atoms. The third-order valence-corrected chi connectivity index (χ3v) is 5.73. The Balaban J connectivity index is 1.51. The molecule has 1 saturated heterocycles. The number of amides is 1. The summed E-state index contributed by atoms with van der Waals surface area (Å²) in [5, 5.41) is 3.79. The molecule has 0 radical (unpaired) electrons. The van der Waals surface area contributed by atoms with Crippen LogP contribution in [0.2, 0.25) is 0 Å². The molecule has 9 nitrogen and oxygen atoms in total. The van der Waals surface area contributed by atoms with Gasteiger partial charge in [-0.15, -0.1) is 0 Å². The van der Waals surface area contributed by atoms with Crippen LogP contribution in [0.4, 0.5) is 5.69 Å². The Kier molecular flexibility index (Phi) is 6.41. The molecule has 0 saturated carbocycles. The number of nitrogens with one attached hydrogen (secondary N) is 1. The van der Waals surface area contributed by atoms with E-state index in [1.54, 1.807) is 36.1 Å². The first kappa shape index (κ1) is 21.1. The molecular weight excluding hydrogens is 396 g/mol. The van der Waals surface area contributed by atoms with Gasteiger partial charge in [-0.25, -0.2) is 8.42 Å². The Morgan fingerprint density at radius 1 is 1.28 bits per heavy atom. The van der Waals surface area contributed by atoms with Gasteiger partial charge < -0.3 is 14.2 Å². The third kappa shape index (κ3) is 5.93. The lowest BCUT2D eigenvalue weighted by Crippen LogP contribution is -2.41. The molecule has 1 aliphatic heterocycles. The standard InChI is InChI=1S/C19H26N4O5S/c1-13(2)27-17-6-4-16(5-7-17)22-29(25,26)12-18(24)23-10-8-15(9-11-23)19-20-14(3)21-28-19/h4-7,13,15,22H,8-12H2,1-3H3. The van der Waals surface area contributed by atoms with E-state index in [1.807, 2.05) is 13.8 Å². The highest BCUT2D eigenvalue weighted by molar-refractivity contribution is 7.93. The molecule has 1 amide bonds. The Morgan fingerprint density at radius 2 is 1.93 bits per heavy atom. The van der Waals surface area contributed by atoms with Crippen LogP contribution >= 0.6 is 0 Å². The Hall–Kier alpha value is -2.62. The fraction of sp³-hybridized carbons (Fsp3) is 0.526. The molecule has 158 valence electrons. The summed E-state index contributed by atoms with van der Waals surface area (Å²) in [5.41, 5.74) is 0.388. The van der Waals surface area contributed by atoms with E-state index in [1.165, 1.54) is 0 Å². The average Bonchev–Trinajstić information content (AvgIpc) is 3.09. The number of sulfonamides is 1. The highest BCUT2D eigenvalue weighted by atomic mass is 32.2. The first-order chi connectivity index (χ1) is 13.7. The minimum Gasteiger partial charge on any atom is -0.491 e. The monoisotopic (exact) mass is 422 g/mol. The van der Waals surface area contributed by atoms with Gasteiger partial charge in [0.1, 0.15) is 11.5 Å². The molecule has 1 aliphatic rings. The highest BCUT2D eigenvalue weighted by Gasteiger charge is 2.29. The van der Waals surface area contributed by atoms with Crippen molar-refractivity contribution in [3.8, 4) is 5.75 Å². The van der Waals surface area contributed by atoms with Crippen LogP contribution in [0.5, 0.6) is 5.75 Å². The molecule has 1 N–H and O–H groups in total. The lowest BCUT2D eigenvalue weighted by Gasteiger charge is -2.30. The van der Waals surface area contributed by atoms with Gasteiger partial charge in [0.15, 0.2) is 5.82 Å². The second-order valence-corrected chi connectivity index (χ2v) is 9.11. The number of hydrogen-bond acceptors (Lipinski definition) is 7. The fourth-order valence-corrected chi connectivity index (χ4v) is 4.27. The summed E-state index contributed by atoms with van der Waals surface area (Å²) in [4.78, 5) is 18.3. The maximum absolute atomic E-state index is 12.5. The second kappa shape index (κ2) is 8.81. The highest BCUT2D eigenvalue weighted by Crippen LogP contribution is 2.27. The molecule has 0 spiro atoms. The summed E-state index contributed by atoms with van der Waals surface area (Å²) < 4.78 is 37.9. The number of rotatable bonds is 7. The number of hydrogen-bond donors (Lipinski definition) is 1. The van der Waals surface area contributed by atoms with Crippen molar-refractivity contribution in [2.24, 2.45) is 0 Å². The topological polar surface area (TPSA) is 115 Å². The minimum atomic E-state index is -3.80. The van der Waals surface area contributed by atoms with Crippen molar-refractivity contribution in [3.05, 3.63) is 36.0 Å².